The monoisotopic (exact) mass is 496 g/mol. The highest BCUT2D eigenvalue weighted by Crippen LogP contribution is 2.26. The molecule has 2 unspecified atom stereocenters. The standard InChI is InChI=1S/C28H36N2O6/c1-20-15-24(13-14-30(20)27(33)36-28(2,3)4)25(31)34-19-23-12-8-11-22(16-23)17-29-26(32)35-18-21-9-6-5-7-10-21/h5-12,16,20,24H,13-15,17-19H2,1-4H3,(H,29,32). The third-order valence-electron chi connectivity index (χ3n) is 5.86. The maximum atomic E-state index is 12.7. The Labute approximate surface area is 212 Å². The lowest BCUT2D eigenvalue weighted by molar-refractivity contribution is -0.152. The van der Waals surface area contributed by atoms with E-state index in [0.29, 0.717) is 25.9 Å². The van der Waals surface area contributed by atoms with Crippen molar-refractivity contribution in [2.45, 2.75) is 71.9 Å². The molecule has 0 aliphatic carbocycles. The lowest BCUT2D eigenvalue weighted by atomic mass is 9.92. The molecule has 1 aliphatic heterocycles. The number of ether oxygens (including phenoxy) is 3. The van der Waals surface area contributed by atoms with Gasteiger partial charge in [-0.2, -0.15) is 0 Å². The number of hydrogen-bond acceptors (Lipinski definition) is 6. The van der Waals surface area contributed by atoms with Crippen LogP contribution in [0.5, 0.6) is 0 Å². The molecule has 8 nitrogen and oxygen atoms in total. The lowest BCUT2D eigenvalue weighted by Gasteiger charge is -2.37. The highest BCUT2D eigenvalue weighted by Gasteiger charge is 2.35. The number of rotatable bonds is 7. The molecular formula is C28H36N2O6. The zero-order valence-electron chi connectivity index (χ0n) is 21.5. The Balaban J connectivity index is 1.41. The van der Waals surface area contributed by atoms with Crippen LogP contribution in [0.4, 0.5) is 9.59 Å². The summed E-state index contributed by atoms with van der Waals surface area (Å²) in [6.07, 6.45) is 0.226. The normalized spacial score (nSPS) is 17.7. The largest absolute Gasteiger partial charge is 0.461 e. The van der Waals surface area contributed by atoms with Gasteiger partial charge >= 0.3 is 18.2 Å². The van der Waals surface area contributed by atoms with E-state index in [1.807, 2.05) is 82.3 Å². The highest BCUT2D eigenvalue weighted by atomic mass is 16.6. The molecule has 3 rings (SSSR count). The van der Waals surface area contributed by atoms with Crippen LogP contribution in [0.2, 0.25) is 0 Å². The number of benzene rings is 2. The summed E-state index contributed by atoms with van der Waals surface area (Å²) in [7, 11) is 0. The molecule has 194 valence electrons. The minimum Gasteiger partial charge on any atom is -0.461 e. The summed E-state index contributed by atoms with van der Waals surface area (Å²) < 4.78 is 16.3. The van der Waals surface area contributed by atoms with Gasteiger partial charge < -0.3 is 24.4 Å². The van der Waals surface area contributed by atoms with Crippen molar-refractivity contribution in [2.75, 3.05) is 6.54 Å². The first-order valence-electron chi connectivity index (χ1n) is 12.3. The maximum Gasteiger partial charge on any atom is 0.410 e. The van der Waals surface area contributed by atoms with Crippen molar-refractivity contribution >= 4 is 18.2 Å². The average molecular weight is 497 g/mol. The third-order valence-corrected chi connectivity index (χ3v) is 5.86. The summed E-state index contributed by atoms with van der Waals surface area (Å²) in [6.45, 7) is 8.54. The Bertz CT molecular complexity index is 1030. The smallest absolute Gasteiger partial charge is 0.410 e. The van der Waals surface area contributed by atoms with Crippen molar-refractivity contribution in [3.63, 3.8) is 0 Å². The van der Waals surface area contributed by atoms with Gasteiger partial charge in [0, 0.05) is 19.1 Å². The van der Waals surface area contributed by atoms with E-state index < -0.39 is 11.7 Å². The van der Waals surface area contributed by atoms with Gasteiger partial charge in [0.05, 0.1) is 5.92 Å². The maximum absolute atomic E-state index is 12.7. The topological polar surface area (TPSA) is 94.2 Å². The van der Waals surface area contributed by atoms with Gasteiger partial charge in [-0.25, -0.2) is 9.59 Å². The van der Waals surface area contributed by atoms with Crippen LogP contribution in [0.1, 0.15) is 57.2 Å². The van der Waals surface area contributed by atoms with Gasteiger partial charge in [0.2, 0.25) is 0 Å². The number of piperidine rings is 1. The first-order valence-corrected chi connectivity index (χ1v) is 12.3. The van der Waals surface area contributed by atoms with Crippen LogP contribution < -0.4 is 5.32 Å². The molecule has 0 bridgehead atoms. The molecule has 1 N–H and O–H groups in total. The van der Waals surface area contributed by atoms with Gasteiger partial charge in [-0.3, -0.25) is 4.79 Å². The van der Waals surface area contributed by atoms with Crippen LogP contribution in [0, 0.1) is 5.92 Å². The number of hydrogen-bond donors (Lipinski definition) is 1. The Hall–Kier alpha value is -3.55. The van der Waals surface area contributed by atoms with Gasteiger partial charge in [-0.1, -0.05) is 54.6 Å². The van der Waals surface area contributed by atoms with Crippen LogP contribution in [0.25, 0.3) is 0 Å². The van der Waals surface area contributed by atoms with Crippen molar-refractivity contribution in [3.05, 3.63) is 71.3 Å². The predicted molar refractivity (Wildman–Crippen MR) is 135 cm³/mol. The number of carbonyl (C=O) groups excluding carboxylic acids is 3. The quantitative estimate of drug-likeness (QED) is 0.419. The average Bonchev–Trinajstić information content (AvgIpc) is 2.84. The molecule has 0 spiro atoms. The Kier molecular flexibility index (Phi) is 9.33. The molecule has 0 aromatic heterocycles. The molecule has 2 amide bonds. The molecule has 1 aliphatic rings. The fourth-order valence-corrected chi connectivity index (χ4v) is 4.03. The summed E-state index contributed by atoms with van der Waals surface area (Å²) in [4.78, 5) is 38.7. The van der Waals surface area contributed by atoms with E-state index in [-0.39, 0.29) is 37.2 Å². The minimum atomic E-state index is -0.556. The highest BCUT2D eigenvalue weighted by molar-refractivity contribution is 5.74. The van der Waals surface area contributed by atoms with E-state index in [9.17, 15) is 14.4 Å². The van der Waals surface area contributed by atoms with Crippen LogP contribution in [-0.2, 0) is 38.8 Å². The Morgan fingerprint density at radius 2 is 1.61 bits per heavy atom. The van der Waals surface area contributed by atoms with Crippen LogP contribution in [0.3, 0.4) is 0 Å². The fraction of sp³-hybridized carbons (Fsp3) is 0.464. The van der Waals surface area contributed by atoms with Gasteiger partial charge in [-0.15, -0.1) is 0 Å². The second-order valence-corrected chi connectivity index (χ2v) is 10.1. The SMILES string of the molecule is CC1CC(C(=O)OCc2cccc(CNC(=O)OCc3ccccc3)c2)CCN1C(=O)OC(C)(C)C. The molecule has 36 heavy (non-hydrogen) atoms. The summed E-state index contributed by atoms with van der Waals surface area (Å²) in [6, 6.07) is 16.9. The van der Waals surface area contributed by atoms with E-state index in [1.165, 1.54) is 0 Å². The van der Waals surface area contributed by atoms with Gasteiger partial charge in [0.15, 0.2) is 0 Å². The zero-order chi connectivity index (χ0) is 26.1. The van der Waals surface area contributed by atoms with Crippen molar-refractivity contribution in [2.24, 2.45) is 5.92 Å². The number of carbonyl (C=O) groups is 3. The van der Waals surface area contributed by atoms with Crippen LogP contribution >= 0.6 is 0 Å². The molecule has 2 aromatic rings. The summed E-state index contributed by atoms with van der Waals surface area (Å²) >= 11 is 0. The predicted octanol–water partition coefficient (Wildman–Crippen LogP) is 5.19. The molecule has 2 aromatic carbocycles. The zero-order valence-corrected chi connectivity index (χ0v) is 21.5. The molecule has 0 saturated carbocycles. The van der Waals surface area contributed by atoms with E-state index in [4.69, 9.17) is 14.2 Å². The lowest BCUT2D eigenvalue weighted by Crippen LogP contribution is -2.48. The first-order chi connectivity index (χ1) is 17.1. The van der Waals surface area contributed by atoms with Crippen molar-refractivity contribution in [1.29, 1.82) is 0 Å². The van der Waals surface area contributed by atoms with Gasteiger partial charge in [-0.05, 0) is 57.2 Å². The second kappa shape index (κ2) is 12.4. The number of nitrogens with zero attached hydrogens (tertiary/aromatic N) is 1. The van der Waals surface area contributed by atoms with E-state index in [0.717, 1.165) is 16.7 Å². The van der Waals surface area contributed by atoms with E-state index >= 15 is 0 Å². The van der Waals surface area contributed by atoms with E-state index in [1.54, 1.807) is 4.90 Å². The van der Waals surface area contributed by atoms with Crippen molar-refractivity contribution in [1.82, 2.24) is 10.2 Å². The van der Waals surface area contributed by atoms with E-state index in [2.05, 4.69) is 5.32 Å². The molecule has 1 saturated heterocycles. The number of esters is 1. The summed E-state index contributed by atoms with van der Waals surface area (Å²) in [5.41, 5.74) is 2.07. The van der Waals surface area contributed by atoms with Crippen LogP contribution in [0.15, 0.2) is 54.6 Å². The second-order valence-electron chi connectivity index (χ2n) is 10.1. The summed E-state index contributed by atoms with van der Waals surface area (Å²) in [5.74, 6) is -0.526. The summed E-state index contributed by atoms with van der Waals surface area (Å²) in [5, 5.41) is 2.73. The third kappa shape index (κ3) is 8.59. The molecule has 2 atom stereocenters. The fourth-order valence-electron chi connectivity index (χ4n) is 4.03. The number of alkyl carbamates (subject to hydrolysis) is 1. The van der Waals surface area contributed by atoms with Crippen molar-refractivity contribution in [3.8, 4) is 0 Å². The van der Waals surface area contributed by atoms with Crippen LogP contribution in [-0.4, -0.2) is 41.2 Å². The number of amides is 2. The Morgan fingerprint density at radius 1 is 0.944 bits per heavy atom. The van der Waals surface area contributed by atoms with Gasteiger partial charge in [0.25, 0.3) is 0 Å². The first kappa shape index (κ1) is 27.0. The Morgan fingerprint density at radius 3 is 2.31 bits per heavy atom. The number of nitrogens with one attached hydrogen (secondary N) is 1. The number of likely N-dealkylation sites (tertiary alicyclic amines) is 1. The molecule has 0 radical (unpaired) electrons. The molecular weight excluding hydrogens is 460 g/mol. The van der Waals surface area contributed by atoms with Gasteiger partial charge in [0.1, 0.15) is 18.8 Å². The molecule has 1 fully saturated rings. The molecule has 1 heterocycles. The molecule has 8 heteroatoms. The van der Waals surface area contributed by atoms with Crippen molar-refractivity contribution < 1.29 is 28.6 Å². The minimum absolute atomic E-state index is 0.109.